The molecule has 0 saturated heterocycles. The second kappa shape index (κ2) is 5.99. The minimum absolute atomic E-state index is 0.00282. The summed E-state index contributed by atoms with van der Waals surface area (Å²) in [7, 11) is 0. The molecule has 1 aromatic rings. The normalized spacial score (nSPS) is 12.3. The van der Waals surface area contributed by atoms with Gasteiger partial charge in [0, 0.05) is 5.56 Å². The maximum absolute atomic E-state index is 13.0. The van der Waals surface area contributed by atoms with Crippen LogP contribution in [0.3, 0.4) is 0 Å². The number of halogens is 3. The Balaban J connectivity index is 2.98. The van der Waals surface area contributed by atoms with E-state index in [4.69, 9.17) is 22.7 Å². The molecule has 0 aliphatic rings. The minimum Gasteiger partial charge on any atom is -0.493 e. The molecule has 112 valence electrons. The first-order valence-corrected chi connectivity index (χ1v) is 6.55. The number of nitrogens with two attached hydrogens (primary N) is 1. The maximum Gasteiger partial charge on any atom is 0.419 e. The van der Waals surface area contributed by atoms with Crippen LogP contribution in [0.25, 0.3) is 0 Å². The van der Waals surface area contributed by atoms with Gasteiger partial charge in [-0.15, -0.1) is 0 Å². The highest BCUT2D eigenvalue weighted by molar-refractivity contribution is 7.80. The minimum atomic E-state index is -4.50. The van der Waals surface area contributed by atoms with Crippen molar-refractivity contribution in [2.24, 2.45) is 11.1 Å². The molecule has 0 aliphatic carbocycles. The number of alkyl halides is 3. The van der Waals surface area contributed by atoms with Gasteiger partial charge in [-0.2, -0.15) is 13.2 Å². The Morgan fingerprint density at radius 3 is 2.30 bits per heavy atom. The second-order valence-corrected chi connectivity index (χ2v) is 6.17. The van der Waals surface area contributed by atoms with E-state index in [0.29, 0.717) is 6.42 Å². The molecule has 0 aromatic heterocycles. The van der Waals surface area contributed by atoms with Crippen molar-refractivity contribution in [1.29, 1.82) is 0 Å². The Labute approximate surface area is 122 Å². The van der Waals surface area contributed by atoms with Gasteiger partial charge in [-0.1, -0.05) is 33.0 Å². The Morgan fingerprint density at radius 1 is 1.25 bits per heavy atom. The highest BCUT2D eigenvalue weighted by Gasteiger charge is 2.35. The SMILES string of the molecule is CC(C)(C)CCOc1ccc(C(N)=S)cc1C(F)(F)F. The predicted molar refractivity (Wildman–Crippen MR) is 76.9 cm³/mol. The van der Waals surface area contributed by atoms with Crippen molar-refractivity contribution in [1.82, 2.24) is 0 Å². The summed E-state index contributed by atoms with van der Waals surface area (Å²) >= 11 is 4.69. The van der Waals surface area contributed by atoms with Crippen LogP contribution in [0.2, 0.25) is 0 Å². The zero-order valence-electron chi connectivity index (χ0n) is 11.7. The summed E-state index contributed by atoms with van der Waals surface area (Å²) in [6, 6.07) is 3.62. The first-order chi connectivity index (χ1) is 9.00. The van der Waals surface area contributed by atoms with E-state index in [1.165, 1.54) is 12.1 Å². The molecule has 2 N–H and O–H groups in total. The molecule has 0 atom stereocenters. The summed E-state index contributed by atoms with van der Waals surface area (Å²) in [5.41, 5.74) is 4.68. The molecule has 0 saturated carbocycles. The average molecular weight is 305 g/mol. The molecule has 0 unspecified atom stereocenters. The van der Waals surface area contributed by atoms with E-state index in [9.17, 15) is 13.2 Å². The van der Waals surface area contributed by atoms with Crippen molar-refractivity contribution < 1.29 is 17.9 Å². The van der Waals surface area contributed by atoms with Gasteiger partial charge in [-0.05, 0) is 30.0 Å². The zero-order chi connectivity index (χ0) is 15.6. The Kier molecular flexibility index (Phi) is 5.02. The Bertz CT molecular complexity index is 492. The van der Waals surface area contributed by atoms with Crippen molar-refractivity contribution >= 4 is 17.2 Å². The fourth-order valence-corrected chi connectivity index (χ4v) is 1.62. The largest absolute Gasteiger partial charge is 0.493 e. The molecule has 0 spiro atoms. The molecule has 1 rings (SSSR count). The molecule has 0 fully saturated rings. The third-order valence-electron chi connectivity index (χ3n) is 2.68. The van der Waals surface area contributed by atoms with Gasteiger partial charge < -0.3 is 10.5 Å². The van der Waals surface area contributed by atoms with Crippen LogP contribution in [0.4, 0.5) is 13.2 Å². The molecular formula is C14H18F3NOS. The highest BCUT2D eigenvalue weighted by atomic mass is 32.1. The maximum atomic E-state index is 13.0. The second-order valence-electron chi connectivity index (χ2n) is 5.73. The molecule has 6 heteroatoms. The zero-order valence-corrected chi connectivity index (χ0v) is 12.5. The molecule has 2 nitrogen and oxygen atoms in total. The molecule has 0 radical (unpaired) electrons. The van der Waals surface area contributed by atoms with Crippen LogP contribution in [0.5, 0.6) is 5.75 Å². The predicted octanol–water partition coefficient (Wildman–Crippen LogP) is 4.15. The summed E-state index contributed by atoms with van der Waals surface area (Å²) < 4.78 is 44.2. The summed E-state index contributed by atoms with van der Waals surface area (Å²) in [5.74, 6) is -0.193. The van der Waals surface area contributed by atoms with Crippen LogP contribution in [0, 0.1) is 5.41 Å². The van der Waals surface area contributed by atoms with Gasteiger partial charge in [0.05, 0.1) is 12.2 Å². The topological polar surface area (TPSA) is 35.2 Å². The lowest BCUT2D eigenvalue weighted by Gasteiger charge is -2.20. The number of ether oxygens (including phenoxy) is 1. The third-order valence-corrected chi connectivity index (χ3v) is 2.91. The van der Waals surface area contributed by atoms with Crippen LogP contribution in [-0.4, -0.2) is 11.6 Å². The van der Waals surface area contributed by atoms with E-state index in [0.717, 1.165) is 6.07 Å². The molecule has 0 bridgehead atoms. The van der Waals surface area contributed by atoms with E-state index < -0.39 is 11.7 Å². The quantitative estimate of drug-likeness (QED) is 0.849. The van der Waals surface area contributed by atoms with E-state index in [1.54, 1.807) is 0 Å². The number of rotatable bonds is 4. The summed E-state index contributed by atoms with van der Waals surface area (Å²) in [6.07, 6.45) is -3.85. The third kappa shape index (κ3) is 5.00. The average Bonchev–Trinajstić information content (AvgIpc) is 2.25. The fraction of sp³-hybridized carbons (Fsp3) is 0.500. The highest BCUT2D eigenvalue weighted by Crippen LogP contribution is 2.37. The van der Waals surface area contributed by atoms with Crippen LogP contribution in [0.1, 0.15) is 38.3 Å². The van der Waals surface area contributed by atoms with E-state index in [2.05, 4.69) is 0 Å². The van der Waals surface area contributed by atoms with Gasteiger partial charge in [-0.25, -0.2) is 0 Å². The summed E-state index contributed by atoms with van der Waals surface area (Å²) in [5, 5.41) is 0. The van der Waals surface area contributed by atoms with E-state index in [-0.39, 0.29) is 28.3 Å². The monoisotopic (exact) mass is 305 g/mol. The van der Waals surface area contributed by atoms with E-state index in [1.807, 2.05) is 20.8 Å². The fourth-order valence-electron chi connectivity index (χ4n) is 1.50. The van der Waals surface area contributed by atoms with Crippen LogP contribution < -0.4 is 10.5 Å². The van der Waals surface area contributed by atoms with Crippen molar-refractivity contribution in [3.05, 3.63) is 29.3 Å². The van der Waals surface area contributed by atoms with Crippen molar-refractivity contribution in [3.8, 4) is 5.75 Å². The molecular weight excluding hydrogens is 287 g/mol. The lowest BCUT2D eigenvalue weighted by molar-refractivity contribution is -0.139. The Morgan fingerprint density at radius 2 is 1.85 bits per heavy atom. The number of benzene rings is 1. The smallest absolute Gasteiger partial charge is 0.419 e. The molecule has 0 amide bonds. The standard InChI is InChI=1S/C14H18F3NOS/c1-13(2,3)6-7-19-11-5-4-9(12(18)20)8-10(11)14(15,16)17/h4-5,8H,6-7H2,1-3H3,(H2,18,20). The molecule has 0 aliphatic heterocycles. The van der Waals surface area contributed by atoms with Gasteiger partial charge in [0.25, 0.3) is 0 Å². The number of hydrogen-bond donors (Lipinski definition) is 1. The first kappa shape index (κ1) is 16.8. The van der Waals surface area contributed by atoms with E-state index >= 15 is 0 Å². The number of hydrogen-bond acceptors (Lipinski definition) is 2. The Hall–Kier alpha value is -1.30. The van der Waals surface area contributed by atoms with Crippen LogP contribution >= 0.6 is 12.2 Å². The van der Waals surface area contributed by atoms with Crippen molar-refractivity contribution in [3.63, 3.8) is 0 Å². The van der Waals surface area contributed by atoms with Gasteiger partial charge in [0.15, 0.2) is 0 Å². The summed E-state index contributed by atoms with van der Waals surface area (Å²) in [6.45, 7) is 6.21. The van der Waals surface area contributed by atoms with Crippen molar-refractivity contribution in [2.75, 3.05) is 6.61 Å². The van der Waals surface area contributed by atoms with Gasteiger partial charge in [0.2, 0.25) is 0 Å². The lowest BCUT2D eigenvalue weighted by atomic mass is 9.93. The van der Waals surface area contributed by atoms with Crippen LogP contribution in [0.15, 0.2) is 18.2 Å². The first-order valence-electron chi connectivity index (χ1n) is 6.14. The number of thiocarbonyl (C=S) groups is 1. The molecule has 0 heterocycles. The summed E-state index contributed by atoms with van der Waals surface area (Å²) in [4.78, 5) is -0.0725. The molecule has 20 heavy (non-hydrogen) atoms. The lowest BCUT2D eigenvalue weighted by Crippen LogP contribution is -2.16. The van der Waals surface area contributed by atoms with Crippen molar-refractivity contribution in [2.45, 2.75) is 33.4 Å². The van der Waals surface area contributed by atoms with Gasteiger partial charge >= 0.3 is 6.18 Å². The van der Waals surface area contributed by atoms with Gasteiger partial charge in [-0.3, -0.25) is 0 Å². The van der Waals surface area contributed by atoms with Gasteiger partial charge in [0.1, 0.15) is 10.7 Å². The van der Waals surface area contributed by atoms with Crippen LogP contribution in [-0.2, 0) is 6.18 Å². The molecule has 1 aromatic carbocycles.